The van der Waals surface area contributed by atoms with E-state index in [1.165, 1.54) is 89.9 Å². The third-order valence-corrected chi connectivity index (χ3v) is 6.81. The molecule has 1 fully saturated rings. The van der Waals surface area contributed by atoms with Crippen molar-refractivity contribution >= 4 is 11.9 Å². The molecule has 1 aliphatic carbocycles. The Morgan fingerprint density at radius 2 is 1.19 bits per heavy atom. The Kier molecular flexibility index (Phi) is 18.2. The van der Waals surface area contributed by atoms with Crippen LogP contribution >= 0.6 is 0 Å². The predicted molar refractivity (Wildman–Crippen MR) is 133 cm³/mol. The van der Waals surface area contributed by atoms with Crippen LogP contribution in [0.1, 0.15) is 135 Å². The molecule has 0 radical (unpaired) electrons. The molecule has 186 valence electrons. The highest BCUT2D eigenvalue weighted by molar-refractivity contribution is 5.81. The summed E-state index contributed by atoms with van der Waals surface area (Å²) < 4.78 is 5.34. The average Bonchev–Trinajstić information content (AvgIpc) is 2.80. The second kappa shape index (κ2) is 20.3. The van der Waals surface area contributed by atoms with Crippen molar-refractivity contribution in [3.05, 3.63) is 12.2 Å². The Hall–Kier alpha value is -1.32. The highest BCUT2D eigenvalue weighted by atomic mass is 16.5. The number of carbonyl (C=O) groups excluding carboxylic acids is 1. The van der Waals surface area contributed by atoms with E-state index in [0.29, 0.717) is 19.4 Å². The third-order valence-electron chi connectivity index (χ3n) is 6.81. The largest absolute Gasteiger partial charge is 0.481 e. The minimum atomic E-state index is -0.861. The molecule has 2 unspecified atom stereocenters. The molecule has 0 aromatic rings. The summed E-state index contributed by atoms with van der Waals surface area (Å²) in [5.74, 6) is -2.20. The molecule has 0 aliphatic heterocycles. The maximum absolute atomic E-state index is 12.2. The predicted octanol–water partition coefficient (Wildman–Crippen LogP) is 8.24. The number of rotatable bonds is 20. The molecule has 0 aromatic heterocycles. The van der Waals surface area contributed by atoms with Gasteiger partial charge in [-0.2, -0.15) is 0 Å². The van der Waals surface area contributed by atoms with Crippen LogP contribution in [0, 0.1) is 11.8 Å². The topological polar surface area (TPSA) is 63.6 Å². The highest BCUT2D eigenvalue weighted by Gasteiger charge is 2.36. The quantitative estimate of drug-likeness (QED) is 0.115. The smallest absolute Gasteiger partial charge is 0.309 e. The fraction of sp³-hybridized carbons (Fsp3) is 0.857. The lowest BCUT2D eigenvalue weighted by Crippen LogP contribution is -2.33. The number of carbonyl (C=O) groups is 2. The van der Waals surface area contributed by atoms with Crippen LogP contribution in [0.5, 0.6) is 0 Å². The van der Waals surface area contributed by atoms with Gasteiger partial charge in [-0.1, -0.05) is 115 Å². The van der Waals surface area contributed by atoms with E-state index in [0.717, 1.165) is 25.7 Å². The van der Waals surface area contributed by atoms with Gasteiger partial charge >= 0.3 is 11.9 Å². The number of ether oxygens (including phenoxy) is 1. The van der Waals surface area contributed by atoms with Gasteiger partial charge < -0.3 is 9.84 Å². The Balaban J connectivity index is 1.86. The summed E-state index contributed by atoms with van der Waals surface area (Å²) in [6.45, 7) is 2.63. The highest BCUT2D eigenvalue weighted by Crippen LogP contribution is 2.31. The summed E-state index contributed by atoms with van der Waals surface area (Å²) >= 11 is 0. The first-order valence-electron chi connectivity index (χ1n) is 13.7. The molecular formula is C28H50O4. The van der Waals surface area contributed by atoms with Gasteiger partial charge in [-0.25, -0.2) is 0 Å². The van der Waals surface area contributed by atoms with Gasteiger partial charge in [0, 0.05) is 0 Å². The van der Waals surface area contributed by atoms with Crippen LogP contribution in [-0.4, -0.2) is 23.7 Å². The molecule has 1 rings (SSSR count). The maximum Gasteiger partial charge on any atom is 0.309 e. The van der Waals surface area contributed by atoms with Crippen molar-refractivity contribution in [3.63, 3.8) is 0 Å². The Morgan fingerprint density at radius 3 is 1.72 bits per heavy atom. The first-order chi connectivity index (χ1) is 15.7. The first-order valence-corrected chi connectivity index (χ1v) is 13.7. The van der Waals surface area contributed by atoms with E-state index >= 15 is 0 Å². The SMILES string of the molecule is CCCCCCCCCCCCCCCC/C=C/CCOC(=O)C1CCCCC1C(=O)O. The minimum Gasteiger partial charge on any atom is -0.481 e. The number of carboxylic acid groups (broad SMARTS) is 1. The lowest BCUT2D eigenvalue weighted by atomic mass is 9.79. The fourth-order valence-corrected chi connectivity index (χ4v) is 4.74. The molecule has 2 atom stereocenters. The summed E-state index contributed by atoms with van der Waals surface area (Å²) in [5, 5.41) is 9.27. The molecule has 4 nitrogen and oxygen atoms in total. The third kappa shape index (κ3) is 14.7. The van der Waals surface area contributed by atoms with Crippen molar-refractivity contribution in [3.8, 4) is 0 Å². The van der Waals surface area contributed by atoms with Crippen LogP contribution < -0.4 is 0 Å². The zero-order valence-electron chi connectivity index (χ0n) is 20.8. The van der Waals surface area contributed by atoms with Gasteiger partial charge in [-0.15, -0.1) is 0 Å². The van der Waals surface area contributed by atoms with Gasteiger partial charge in [0.05, 0.1) is 18.4 Å². The van der Waals surface area contributed by atoms with Gasteiger partial charge in [0.1, 0.15) is 0 Å². The molecule has 0 spiro atoms. The second-order valence-electron chi connectivity index (χ2n) is 9.65. The van der Waals surface area contributed by atoms with Gasteiger partial charge in [-0.3, -0.25) is 9.59 Å². The van der Waals surface area contributed by atoms with Gasteiger partial charge in [0.25, 0.3) is 0 Å². The molecule has 1 aliphatic rings. The molecule has 1 N–H and O–H groups in total. The van der Waals surface area contributed by atoms with E-state index in [1.54, 1.807) is 0 Å². The summed E-state index contributed by atoms with van der Waals surface area (Å²) in [5.41, 5.74) is 0. The molecule has 0 aromatic carbocycles. The average molecular weight is 451 g/mol. The van der Waals surface area contributed by atoms with Gasteiger partial charge in [0.2, 0.25) is 0 Å². The van der Waals surface area contributed by atoms with Crippen LogP contribution in [0.15, 0.2) is 12.2 Å². The number of aliphatic carboxylic acids is 1. The first kappa shape index (κ1) is 28.7. The van der Waals surface area contributed by atoms with Crippen molar-refractivity contribution in [2.45, 2.75) is 135 Å². The standard InChI is InChI=1S/C28H50O4/c1-2-3-4-5-6-7-8-9-10-11-12-13-14-15-16-17-18-21-24-32-28(31)26-23-20-19-22-25(26)27(29)30/h17-18,25-26H,2-16,19-24H2,1H3,(H,29,30)/b18-17+. The van der Waals surface area contributed by atoms with E-state index in [9.17, 15) is 14.7 Å². The summed E-state index contributed by atoms with van der Waals surface area (Å²) in [7, 11) is 0. The van der Waals surface area contributed by atoms with E-state index in [4.69, 9.17) is 4.74 Å². The number of hydrogen-bond donors (Lipinski definition) is 1. The minimum absolute atomic E-state index is 0.322. The summed E-state index contributed by atoms with van der Waals surface area (Å²) in [6.07, 6.45) is 28.5. The van der Waals surface area contributed by atoms with Crippen molar-refractivity contribution in [1.29, 1.82) is 0 Å². The molecule has 0 amide bonds. The zero-order chi connectivity index (χ0) is 23.3. The number of esters is 1. The van der Waals surface area contributed by atoms with Crippen molar-refractivity contribution in [1.82, 2.24) is 0 Å². The molecule has 0 bridgehead atoms. The monoisotopic (exact) mass is 450 g/mol. The molecule has 32 heavy (non-hydrogen) atoms. The molecule has 4 heteroatoms. The molecule has 0 heterocycles. The normalized spacial score (nSPS) is 18.8. The van der Waals surface area contributed by atoms with Gasteiger partial charge in [0.15, 0.2) is 0 Å². The summed E-state index contributed by atoms with van der Waals surface area (Å²) in [6, 6.07) is 0. The van der Waals surface area contributed by atoms with E-state index in [1.807, 2.05) is 0 Å². The lowest BCUT2D eigenvalue weighted by Gasteiger charge is -2.26. The van der Waals surface area contributed by atoms with Crippen molar-refractivity contribution in [2.75, 3.05) is 6.61 Å². The van der Waals surface area contributed by atoms with Crippen molar-refractivity contribution in [2.24, 2.45) is 11.8 Å². The zero-order valence-corrected chi connectivity index (χ0v) is 20.8. The summed E-state index contributed by atoms with van der Waals surface area (Å²) in [4.78, 5) is 23.5. The molecular weight excluding hydrogens is 400 g/mol. The van der Waals surface area contributed by atoms with Gasteiger partial charge in [-0.05, 0) is 32.1 Å². The number of hydrogen-bond acceptors (Lipinski definition) is 3. The van der Waals surface area contributed by atoms with Crippen LogP contribution in [0.3, 0.4) is 0 Å². The lowest BCUT2D eigenvalue weighted by molar-refractivity contribution is -0.159. The fourth-order valence-electron chi connectivity index (χ4n) is 4.74. The van der Waals surface area contributed by atoms with E-state index < -0.39 is 17.8 Å². The molecule has 1 saturated carbocycles. The Morgan fingerprint density at radius 1 is 0.719 bits per heavy atom. The van der Waals surface area contributed by atoms with Crippen LogP contribution in [0.25, 0.3) is 0 Å². The number of unbranched alkanes of at least 4 members (excludes halogenated alkanes) is 14. The number of allylic oxidation sites excluding steroid dienone is 1. The van der Waals surface area contributed by atoms with E-state index in [2.05, 4.69) is 19.1 Å². The van der Waals surface area contributed by atoms with Crippen LogP contribution in [0.4, 0.5) is 0 Å². The molecule has 0 saturated heterocycles. The van der Waals surface area contributed by atoms with Crippen molar-refractivity contribution < 1.29 is 19.4 Å². The van der Waals surface area contributed by atoms with E-state index in [-0.39, 0.29) is 5.97 Å². The Bertz CT molecular complexity index is 500. The second-order valence-corrected chi connectivity index (χ2v) is 9.65. The maximum atomic E-state index is 12.2. The van der Waals surface area contributed by atoms with Crippen LogP contribution in [-0.2, 0) is 14.3 Å². The Labute approximate surface area is 197 Å². The number of carboxylic acids is 1. The van der Waals surface area contributed by atoms with Crippen LogP contribution in [0.2, 0.25) is 0 Å².